The zero-order valence-corrected chi connectivity index (χ0v) is 15.0. The highest BCUT2D eigenvalue weighted by molar-refractivity contribution is 6.35. The van der Waals surface area contributed by atoms with E-state index in [1.54, 1.807) is 23.1 Å². The number of hydrogen-bond acceptors (Lipinski definition) is 2. The lowest BCUT2D eigenvalue weighted by Gasteiger charge is -2.37. The number of nitriles is 1. The Balaban J connectivity index is 1.67. The van der Waals surface area contributed by atoms with Crippen molar-refractivity contribution in [2.75, 3.05) is 18.4 Å². The minimum Gasteiger partial charge on any atom is -0.324 e. The van der Waals surface area contributed by atoms with Crippen LogP contribution >= 0.6 is 23.2 Å². The Kier molecular flexibility index (Phi) is 5.17. The highest BCUT2D eigenvalue weighted by Crippen LogP contribution is 2.35. The number of amides is 2. The van der Waals surface area contributed by atoms with Gasteiger partial charge in [-0.15, -0.1) is 0 Å². The van der Waals surface area contributed by atoms with E-state index >= 15 is 0 Å². The molecule has 4 nitrogen and oxygen atoms in total. The molecule has 1 fully saturated rings. The summed E-state index contributed by atoms with van der Waals surface area (Å²) in [6.07, 6.45) is 1.22. The number of halogens is 2. The molecule has 2 aromatic rings. The van der Waals surface area contributed by atoms with Gasteiger partial charge in [-0.25, -0.2) is 4.79 Å². The van der Waals surface area contributed by atoms with Crippen LogP contribution in [0.15, 0.2) is 48.5 Å². The predicted molar refractivity (Wildman–Crippen MR) is 100 cm³/mol. The molecule has 0 unspecified atom stereocenters. The molecule has 0 atom stereocenters. The molecular formula is C19H17Cl2N3O. The second-order valence-corrected chi connectivity index (χ2v) is 7.01. The highest BCUT2D eigenvalue weighted by atomic mass is 35.5. The van der Waals surface area contributed by atoms with Gasteiger partial charge in [0.25, 0.3) is 0 Å². The van der Waals surface area contributed by atoms with Crippen molar-refractivity contribution in [1.82, 2.24) is 4.90 Å². The summed E-state index contributed by atoms with van der Waals surface area (Å²) in [7, 11) is 0. The SMILES string of the molecule is N#CC1(c2ccccc2)CCN(C(=O)Nc2cc(Cl)cc(Cl)c2)CC1. The molecule has 2 aromatic carbocycles. The van der Waals surface area contributed by atoms with Gasteiger partial charge in [-0.2, -0.15) is 5.26 Å². The van der Waals surface area contributed by atoms with Gasteiger partial charge in [0.1, 0.15) is 0 Å². The van der Waals surface area contributed by atoms with Gasteiger partial charge in [0.05, 0.1) is 11.5 Å². The molecule has 0 bridgehead atoms. The van der Waals surface area contributed by atoms with Crippen molar-refractivity contribution in [3.8, 4) is 6.07 Å². The van der Waals surface area contributed by atoms with Crippen molar-refractivity contribution in [2.45, 2.75) is 18.3 Å². The molecule has 0 aliphatic carbocycles. The largest absolute Gasteiger partial charge is 0.324 e. The summed E-state index contributed by atoms with van der Waals surface area (Å²) in [5.41, 5.74) is 1.04. The van der Waals surface area contributed by atoms with E-state index in [4.69, 9.17) is 23.2 Å². The second-order valence-electron chi connectivity index (χ2n) is 6.14. The lowest BCUT2D eigenvalue weighted by molar-refractivity contribution is 0.183. The van der Waals surface area contributed by atoms with E-state index < -0.39 is 5.41 Å². The Morgan fingerprint density at radius 2 is 1.68 bits per heavy atom. The average molecular weight is 374 g/mol. The maximum absolute atomic E-state index is 12.5. The number of likely N-dealkylation sites (tertiary alicyclic amines) is 1. The first-order valence-corrected chi connectivity index (χ1v) is 8.77. The maximum Gasteiger partial charge on any atom is 0.321 e. The first-order valence-electron chi connectivity index (χ1n) is 8.01. The summed E-state index contributed by atoms with van der Waals surface area (Å²) in [5, 5.41) is 13.5. The third kappa shape index (κ3) is 3.89. The van der Waals surface area contributed by atoms with Gasteiger partial charge in [0.15, 0.2) is 0 Å². The molecule has 128 valence electrons. The fourth-order valence-electron chi connectivity index (χ4n) is 3.14. The molecule has 25 heavy (non-hydrogen) atoms. The Hall–Kier alpha value is -2.22. The fraction of sp³-hybridized carbons (Fsp3) is 0.263. The normalized spacial score (nSPS) is 16.1. The third-order valence-corrected chi connectivity index (χ3v) is 4.99. The van der Waals surface area contributed by atoms with Crippen LogP contribution in [-0.2, 0) is 5.41 Å². The Labute approximate surface area is 157 Å². The van der Waals surface area contributed by atoms with Crippen molar-refractivity contribution in [3.05, 3.63) is 64.1 Å². The number of carbonyl (C=O) groups is 1. The highest BCUT2D eigenvalue weighted by Gasteiger charge is 2.37. The van der Waals surface area contributed by atoms with Crippen molar-refractivity contribution >= 4 is 34.9 Å². The van der Waals surface area contributed by atoms with E-state index in [9.17, 15) is 10.1 Å². The summed E-state index contributed by atoms with van der Waals surface area (Å²) >= 11 is 11.9. The molecule has 1 N–H and O–H groups in total. The smallest absolute Gasteiger partial charge is 0.321 e. The Morgan fingerprint density at radius 1 is 1.08 bits per heavy atom. The van der Waals surface area contributed by atoms with E-state index in [0.29, 0.717) is 41.7 Å². The van der Waals surface area contributed by atoms with E-state index in [1.165, 1.54) is 0 Å². The van der Waals surface area contributed by atoms with Gasteiger partial charge in [-0.3, -0.25) is 0 Å². The van der Waals surface area contributed by atoms with Crippen LogP contribution in [0, 0.1) is 11.3 Å². The quantitative estimate of drug-likeness (QED) is 0.797. The number of nitrogens with zero attached hydrogens (tertiary/aromatic N) is 2. The predicted octanol–water partition coefficient (Wildman–Crippen LogP) is 5.08. The van der Waals surface area contributed by atoms with E-state index in [1.807, 2.05) is 30.3 Å². The lowest BCUT2D eigenvalue weighted by Crippen LogP contribution is -2.46. The molecule has 1 aliphatic heterocycles. The van der Waals surface area contributed by atoms with Gasteiger partial charge in [0.2, 0.25) is 0 Å². The number of hydrogen-bond donors (Lipinski definition) is 1. The summed E-state index contributed by atoms with van der Waals surface area (Å²) in [5.74, 6) is 0. The van der Waals surface area contributed by atoms with Crippen LogP contribution in [0.4, 0.5) is 10.5 Å². The van der Waals surface area contributed by atoms with Gasteiger partial charge in [-0.05, 0) is 36.6 Å². The molecule has 0 saturated carbocycles. The number of piperidine rings is 1. The number of anilines is 1. The van der Waals surface area contributed by atoms with Crippen LogP contribution in [0.1, 0.15) is 18.4 Å². The molecule has 0 spiro atoms. The maximum atomic E-state index is 12.5. The molecule has 1 aliphatic rings. The summed E-state index contributed by atoms with van der Waals surface area (Å²) in [6.45, 7) is 1.03. The van der Waals surface area contributed by atoms with Crippen molar-refractivity contribution in [3.63, 3.8) is 0 Å². The summed E-state index contributed by atoms with van der Waals surface area (Å²) in [4.78, 5) is 14.2. The van der Waals surface area contributed by atoms with Crippen LogP contribution in [0.3, 0.4) is 0 Å². The molecule has 0 radical (unpaired) electrons. The first kappa shape index (κ1) is 17.6. The van der Waals surface area contributed by atoms with Gasteiger partial charge >= 0.3 is 6.03 Å². The van der Waals surface area contributed by atoms with Crippen molar-refractivity contribution < 1.29 is 4.79 Å². The fourth-order valence-corrected chi connectivity index (χ4v) is 3.67. The van der Waals surface area contributed by atoms with Gasteiger partial charge < -0.3 is 10.2 Å². The zero-order valence-electron chi connectivity index (χ0n) is 13.5. The minimum absolute atomic E-state index is 0.210. The van der Waals surface area contributed by atoms with Crippen LogP contribution in [0.5, 0.6) is 0 Å². The molecule has 3 rings (SSSR count). The van der Waals surface area contributed by atoms with Crippen LogP contribution in [0.2, 0.25) is 10.0 Å². The topological polar surface area (TPSA) is 56.1 Å². The average Bonchev–Trinajstić information content (AvgIpc) is 2.61. The zero-order chi connectivity index (χ0) is 17.9. The summed E-state index contributed by atoms with van der Waals surface area (Å²) in [6, 6.07) is 16.9. The van der Waals surface area contributed by atoms with Crippen LogP contribution in [-0.4, -0.2) is 24.0 Å². The Bertz CT molecular complexity index is 789. The monoisotopic (exact) mass is 373 g/mol. The number of benzene rings is 2. The number of rotatable bonds is 2. The van der Waals surface area contributed by atoms with E-state index in [2.05, 4.69) is 11.4 Å². The molecular weight excluding hydrogens is 357 g/mol. The first-order chi connectivity index (χ1) is 12.0. The molecule has 0 aromatic heterocycles. The number of nitrogens with one attached hydrogen (secondary N) is 1. The standard InChI is InChI=1S/C19H17Cl2N3O/c20-15-10-16(21)12-17(11-15)23-18(25)24-8-6-19(13-22,7-9-24)14-4-2-1-3-5-14/h1-5,10-12H,6-9H2,(H,23,25). The van der Waals surface area contributed by atoms with Crippen molar-refractivity contribution in [1.29, 1.82) is 5.26 Å². The molecule has 1 heterocycles. The van der Waals surface area contributed by atoms with Gasteiger partial charge in [0, 0.05) is 28.8 Å². The molecule has 1 saturated heterocycles. The third-order valence-electron chi connectivity index (χ3n) is 4.56. The van der Waals surface area contributed by atoms with E-state index in [-0.39, 0.29) is 6.03 Å². The lowest BCUT2D eigenvalue weighted by atomic mass is 9.74. The van der Waals surface area contributed by atoms with Crippen molar-refractivity contribution in [2.24, 2.45) is 0 Å². The molecule has 2 amide bonds. The number of urea groups is 1. The number of carbonyl (C=O) groups excluding carboxylic acids is 1. The summed E-state index contributed by atoms with van der Waals surface area (Å²) < 4.78 is 0. The Morgan fingerprint density at radius 3 is 2.24 bits per heavy atom. The van der Waals surface area contributed by atoms with E-state index in [0.717, 1.165) is 5.56 Å². The van der Waals surface area contributed by atoms with Crippen LogP contribution < -0.4 is 5.32 Å². The molecule has 6 heteroatoms. The van der Waals surface area contributed by atoms with Crippen LogP contribution in [0.25, 0.3) is 0 Å². The van der Waals surface area contributed by atoms with Gasteiger partial charge in [-0.1, -0.05) is 53.5 Å². The minimum atomic E-state index is -0.530. The second kappa shape index (κ2) is 7.35.